The molecule has 0 bridgehead atoms. The third-order valence-corrected chi connectivity index (χ3v) is 2.38. The molecule has 2 rings (SSSR count). The average Bonchev–Trinajstić information content (AvgIpc) is 2.23. The molecule has 0 spiro atoms. The fourth-order valence-corrected chi connectivity index (χ4v) is 1.62. The summed E-state index contributed by atoms with van der Waals surface area (Å²) in [6, 6.07) is 9.82. The van der Waals surface area contributed by atoms with Gasteiger partial charge in [0.15, 0.2) is 0 Å². The average molecular weight is 188 g/mol. The number of esters is 1. The van der Waals surface area contributed by atoms with E-state index in [0.717, 1.165) is 5.56 Å². The standard InChI is InChI=1S/C12H12O2/c1-9-7-8-11(13)14-12(9)10-5-3-2-4-6-10/h2-9,12H,1H3/t9-,12-/m1/s1. The third-order valence-electron chi connectivity index (χ3n) is 2.38. The highest BCUT2D eigenvalue weighted by Gasteiger charge is 2.24. The lowest BCUT2D eigenvalue weighted by molar-refractivity contribution is -0.146. The van der Waals surface area contributed by atoms with Gasteiger partial charge in [-0.25, -0.2) is 4.79 Å². The van der Waals surface area contributed by atoms with Crippen molar-refractivity contribution in [3.63, 3.8) is 0 Å². The smallest absolute Gasteiger partial charge is 0.331 e. The van der Waals surface area contributed by atoms with Crippen LogP contribution in [0.4, 0.5) is 0 Å². The first-order chi connectivity index (χ1) is 6.77. The summed E-state index contributed by atoms with van der Waals surface area (Å²) in [5, 5.41) is 0. The largest absolute Gasteiger partial charge is 0.454 e. The van der Waals surface area contributed by atoms with Crippen molar-refractivity contribution in [2.45, 2.75) is 13.0 Å². The molecule has 0 saturated heterocycles. The maximum Gasteiger partial charge on any atom is 0.331 e. The SMILES string of the molecule is C[C@@H]1C=CC(=O)O[C@H]1c1ccccc1. The van der Waals surface area contributed by atoms with Crippen LogP contribution in [-0.2, 0) is 9.53 Å². The molecule has 0 aromatic heterocycles. The van der Waals surface area contributed by atoms with Crippen molar-refractivity contribution in [2.24, 2.45) is 5.92 Å². The van der Waals surface area contributed by atoms with Crippen molar-refractivity contribution in [3.8, 4) is 0 Å². The molecule has 72 valence electrons. The van der Waals surface area contributed by atoms with Crippen molar-refractivity contribution in [3.05, 3.63) is 48.0 Å². The Kier molecular flexibility index (Phi) is 2.35. The van der Waals surface area contributed by atoms with Crippen LogP contribution in [0.3, 0.4) is 0 Å². The second-order valence-electron chi connectivity index (χ2n) is 3.49. The Bertz CT molecular complexity index is 354. The number of cyclic esters (lactones) is 1. The Labute approximate surface area is 83.2 Å². The van der Waals surface area contributed by atoms with Gasteiger partial charge >= 0.3 is 5.97 Å². The fraction of sp³-hybridized carbons (Fsp3) is 0.250. The maximum atomic E-state index is 11.1. The molecule has 1 aromatic carbocycles. The molecule has 0 fully saturated rings. The highest BCUT2D eigenvalue weighted by molar-refractivity contribution is 5.83. The summed E-state index contributed by atoms with van der Waals surface area (Å²) in [5.74, 6) is -0.00736. The molecule has 2 heteroatoms. The quantitative estimate of drug-likeness (QED) is 0.633. The van der Waals surface area contributed by atoms with E-state index in [2.05, 4.69) is 0 Å². The molecular weight excluding hydrogens is 176 g/mol. The molecule has 0 aliphatic carbocycles. The topological polar surface area (TPSA) is 26.3 Å². The van der Waals surface area contributed by atoms with E-state index in [1.807, 2.05) is 43.3 Å². The summed E-state index contributed by atoms with van der Waals surface area (Å²) >= 11 is 0. The Hall–Kier alpha value is -1.57. The Morgan fingerprint density at radius 3 is 2.64 bits per heavy atom. The minimum absolute atomic E-state index is 0.131. The minimum atomic E-state index is -0.253. The molecule has 1 heterocycles. The first-order valence-electron chi connectivity index (χ1n) is 4.71. The number of rotatable bonds is 1. The summed E-state index contributed by atoms with van der Waals surface area (Å²) in [7, 11) is 0. The van der Waals surface area contributed by atoms with Crippen LogP contribution < -0.4 is 0 Å². The minimum Gasteiger partial charge on any atom is -0.454 e. The Balaban J connectivity index is 2.27. The van der Waals surface area contributed by atoms with Crippen molar-refractivity contribution in [2.75, 3.05) is 0 Å². The van der Waals surface area contributed by atoms with Gasteiger partial charge in [-0.15, -0.1) is 0 Å². The van der Waals surface area contributed by atoms with E-state index in [1.165, 1.54) is 6.08 Å². The molecule has 1 aromatic rings. The van der Waals surface area contributed by atoms with Crippen LogP contribution in [0.5, 0.6) is 0 Å². The van der Waals surface area contributed by atoms with Gasteiger partial charge in [0.2, 0.25) is 0 Å². The number of benzene rings is 1. The lowest BCUT2D eigenvalue weighted by Crippen LogP contribution is -2.19. The van der Waals surface area contributed by atoms with Crippen LogP contribution in [0, 0.1) is 5.92 Å². The number of hydrogen-bond acceptors (Lipinski definition) is 2. The number of carbonyl (C=O) groups excluding carboxylic acids is 1. The second kappa shape index (κ2) is 3.66. The third kappa shape index (κ3) is 1.69. The first kappa shape index (κ1) is 9.00. The summed E-state index contributed by atoms with van der Waals surface area (Å²) in [4.78, 5) is 11.1. The van der Waals surface area contributed by atoms with E-state index in [1.54, 1.807) is 0 Å². The van der Waals surface area contributed by atoms with Crippen molar-refractivity contribution < 1.29 is 9.53 Å². The van der Waals surface area contributed by atoms with E-state index < -0.39 is 0 Å². The molecule has 1 aliphatic rings. The fourth-order valence-electron chi connectivity index (χ4n) is 1.62. The molecule has 1 aliphatic heterocycles. The lowest BCUT2D eigenvalue weighted by atomic mass is 9.95. The van der Waals surface area contributed by atoms with Crippen LogP contribution in [0.25, 0.3) is 0 Å². The van der Waals surface area contributed by atoms with Gasteiger partial charge in [0.25, 0.3) is 0 Å². The van der Waals surface area contributed by atoms with Gasteiger partial charge in [-0.2, -0.15) is 0 Å². The van der Waals surface area contributed by atoms with Gasteiger partial charge in [-0.1, -0.05) is 43.3 Å². The van der Waals surface area contributed by atoms with Crippen molar-refractivity contribution in [1.29, 1.82) is 0 Å². The van der Waals surface area contributed by atoms with E-state index in [4.69, 9.17) is 4.74 Å². The highest BCUT2D eigenvalue weighted by Crippen LogP contribution is 2.29. The number of ether oxygens (including phenoxy) is 1. The zero-order valence-corrected chi connectivity index (χ0v) is 8.01. The monoisotopic (exact) mass is 188 g/mol. The molecule has 0 radical (unpaired) electrons. The van der Waals surface area contributed by atoms with Crippen LogP contribution in [0.15, 0.2) is 42.5 Å². The van der Waals surface area contributed by atoms with Crippen molar-refractivity contribution >= 4 is 5.97 Å². The first-order valence-corrected chi connectivity index (χ1v) is 4.71. The predicted octanol–water partition coefficient (Wildman–Crippen LogP) is 2.48. The molecule has 0 amide bonds. The van der Waals surface area contributed by atoms with Crippen LogP contribution in [-0.4, -0.2) is 5.97 Å². The van der Waals surface area contributed by atoms with Gasteiger partial charge in [0, 0.05) is 12.0 Å². The zero-order valence-electron chi connectivity index (χ0n) is 8.01. The van der Waals surface area contributed by atoms with Crippen molar-refractivity contribution in [1.82, 2.24) is 0 Å². The number of carbonyl (C=O) groups is 1. The van der Waals surface area contributed by atoms with Crippen LogP contribution >= 0.6 is 0 Å². The molecule has 0 saturated carbocycles. The van der Waals surface area contributed by atoms with E-state index in [9.17, 15) is 4.79 Å². The molecule has 2 nitrogen and oxygen atoms in total. The Morgan fingerprint density at radius 1 is 1.21 bits per heavy atom. The van der Waals surface area contributed by atoms with Crippen LogP contribution in [0.1, 0.15) is 18.6 Å². The zero-order chi connectivity index (χ0) is 9.97. The molecule has 0 unspecified atom stereocenters. The normalized spacial score (nSPS) is 25.9. The highest BCUT2D eigenvalue weighted by atomic mass is 16.5. The van der Waals surface area contributed by atoms with Gasteiger partial charge < -0.3 is 4.74 Å². The summed E-state index contributed by atoms with van der Waals surface area (Å²) < 4.78 is 5.26. The Morgan fingerprint density at radius 2 is 1.93 bits per heavy atom. The molecular formula is C12H12O2. The summed E-state index contributed by atoms with van der Waals surface area (Å²) in [6.07, 6.45) is 3.25. The van der Waals surface area contributed by atoms with E-state index in [0.29, 0.717) is 0 Å². The van der Waals surface area contributed by atoms with Gasteiger partial charge in [0.1, 0.15) is 6.10 Å². The summed E-state index contributed by atoms with van der Waals surface area (Å²) in [5.41, 5.74) is 1.05. The van der Waals surface area contributed by atoms with E-state index >= 15 is 0 Å². The molecule has 0 N–H and O–H groups in total. The lowest BCUT2D eigenvalue weighted by Gasteiger charge is -2.24. The predicted molar refractivity (Wildman–Crippen MR) is 53.6 cm³/mol. The maximum absolute atomic E-state index is 11.1. The van der Waals surface area contributed by atoms with Gasteiger partial charge in [0.05, 0.1) is 0 Å². The van der Waals surface area contributed by atoms with Crippen LogP contribution in [0.2, 0.25) is 0 Å². The molecule has 14 heavy (non-hydrogen) atoms. The molecule has 2 atom stereocenters. The van der Waals surface area contributed by atoms with Gasteiger partial charge in [-0.3, -0.25) is 0 Å². The summed E-state index contributed by atoms with van der Waals surface area (Å²) in [6.45, 7) is 2.04. The van der Waals surface area contributed by atoms with E-state index in [-0.39, 0.29) is 18.0 Å². The van der Waals surface area contributed by atoms with Gasteiger partial charge in [-0.05, 0) is 5.56 Å². The second-order valence-corrected chi connectivity index (χ2v) is 3.49. The number of hydrogen-bond donors (Lipinski definition) is 0.